The van der Waals surface area contributed by atoms with Crippen LogP contribution in [-0.2, 0) is 14.3 Å². The summed E-state index contributed by atoms with van der Waals surface area (Å²) in [7, 11) is 0. The Morgan fingerprint density at radius 3 is 2.50 bits per heavy atom. The van der Waals surface area contributed by atoms with Crippen LogP contribution in [0.3, 0.4) is 0 Å². The molecular weight excluding hydrogens is 210 g/mol. The molecule has 1 aliphatic heterocycles. The number of rotatable bonds is 4. The lowest BCUT2D eigenvalue weighted by Crippen LogP contribution is -2.55. The average Bonchev–Trinajstić information content (AvgIpc) is 2.70. The first-order valence-corrected chi connectivity index (χ1v) is 5.57. The van der Waals surface area contributed by atoms with Crippen molar-refractivity contribution in [1.29, 1.82) is 0 Å². The molecule has 0 saturated carbocycles. The van der Waals surface area contributed by atoms with Gasteiger partial charge in [0.2, 0.25) is 0 Å². The minimum absolute atomic E-state index is 0.215. The molecule has 1 saturated heterocycles. The number of carbonyl (C=O) groups excluding carboxylic acids is 1. The molecule has 0 aromatic heterocycles. The summed E-state index contributed by atoms with van der Waals surface area (Å²) in [6.45, 7) is 5.80. The zero-order valence-electron chi connectivity index (χ0n) is 10.0. The van der Waals surface area contributed by atoms with Crippen LogP contribution in [0.5, 0.6) is 0 Å². The number of carboxylic acid groups (broad SMARTS) is 1. The number of likely N-dealkylation sites (N-methyl/N-ethyl adjacent to an activating group) is 1. The standard InChI is InChI=1S/C11H19NO4/c1-4-12(11(2,3)10(14)15)9(13)8-6-5-7-16-8/h8H,4-7H2,1-3H3,(H,14,15)/t8-/m0/s1. The van der Waals surface area contributed by atoms with Gasteiger partial charge in [-0.3, -0.25) is 4.79 Å². The van der Waals surface area contributed by atoms with E-state index in [0.29, 0.717) is 19.6 Å². The second kappa shape index (κ2) is 4.82. The summed E-state index contributed by atoms with van der Waals surface area (Å²) in [5.74, 6) is -1.21. The van der Waals surface area contributed by atoms with E-state index in [-0.39, 0.29) is 5.91 Å². The number of hydrogen-bond donors (Lipinski definition) is 1. The first-order valence-electron chi connectivity index (χ1n) is 5.57. The van der Waals surface area contributed by atoms with E-state index in [9.17, 15) is 9.59 Å². The molecule has 92 valence electrons. The molecular formula is C11H19NO4. The molecule has 0 aromatic rings. The quantitative estimate of drug-likeness (QED) is 0.777. The Bertz CT molecular complexity index is 282. The van der Waals surface area contributed by atoms with E-state index in [2.05, 4.69) is 0 Å². The Kier molecular flexibility index (Phi) is 3.91. The Hall–Kier alpha value is -1.10. The summed E-state index contributed by atoms with van der Waals surface area (Å²) < 4.78 is 5.29. The van der Waals surface area contributed by atoms with Crippen molar-refractivity contribution >= 4 is 11.9 Å². The smallest absolute Gasteiger partial charge is 0.329 e. The zero-order chi connectivity index (χ0) is 12.3. The van der Waals surface area contributed by atoms with Gasteiger partial charge in [0.15, 0.2) is 0 Å². The van der Waals surface area contributed by atoms with Crippen molar-refractivity contribution in [2.75, 3.05) is 13.2 Å². The first kappa shape index (κ1) is 13.0. The lowest BCUT2D eigenvalue weighted by atomic mass is 10.0. The van der Waals surface area contributed by atoms with Gasteiger partial charge in [0, 0.05) is 13.2 Å². The van der Waals surface area contributed by atoms with Gasteiger partial charge in [0.25, 0.3) is 5.91 Å². The molecule has 0 aromatic carbocycles. The van der Waals surface area contributed by atoms with Crippen molar-refractivity contribution < 1.29 is 19.4 Å². The van der Waals surface area contributed by atoms with E-state index in [1.807, 2.05) is 0 Å². The third-order valence-electron chi connectivity index (χ3n) is 2.99. The topological polar surface area (TPSA) is 66.8 Å². The van der Waals surface area contributed by atoms with Crippen LogP contribution < -0.4 is 0 Å². The van der Waals surface area contributed by atoms with Gasteiger partial charge in [-0.2, -0.15) is 0 Å². The van der Waals surface area contributed by atoms with Crippen LogP contribution in [0.15, 0.2) is 0 Å². The maximum absolute atomic E-state index is 12.1. The van der Waals surface area contributed by atoms with Crippen LogP contribution in [0, 0.1) is 0 Å². The summed E-state index contributed by atoms with van der Waals surface area (Å²) in [5, 5.41) is 9.10. The monoisotopic (exact) mass is 229 g/mol. The maximum atomic E-state index is 12.1. The minimum Gasteiger partial charge on any atom is -0.480 e. The first-order chi connectivity index (χ1) is 7.41. The van der Waals surface area contributed by atoms with Crippen molar-refractivity contribution in [2.24, 2.45) is 0 Å². The summed E-state index contributed by atoms with van der Waals surface area (Å²) in [6, 6.07) is 0. The number of carbonyl (C=O) groups is 2. The van der Waals surface area contributed by atoms with Gasteiger partial charge >= 0.3 is 5.97 Å². The number of hydrogen-bond acceptors (Lipinski definition) is 3. The highest BCUT2D eigenvalue weighted by Gasteiger charge is 2.40. The molecule has 1 atom stereocenters. The van der Waals surface area contributed by atoms with E-state index in [0.717, 1.165) is 6.42 Å². The highest BCUT2D eigenvalue weighted by Crippen LogP contribution is 2.21. The predicted octanol–water partition coefficient (Wildman–Crippen LogP) is 0.877. The summed E-state index contributed by atoms with van der Waals surface area (Å²) in [6.07, 6.45) is 1.09. The van der Waals surface area contributed by atoms with Crippen molar-refractivity contribution in [3.05, 3.63) is 0 Å². The van der Waals surface area contributed by atoms with E-state index >= 15 is 0 Å². The second-order valence-electron chi connectivity index (χ2n) is 4.45. The summed E-state index contributed by atoms with van der Waals surface area (Å²) in [4.78, 5) is 24.5. The molecule has 1 rings (SSSR count). The highest BCUT2D eigenvalue weighted by atomic mass is 16.5. The fraction of sp³-hybridized carbons (Fsp3) is 0.818. The van der Waals surface area contributed by atoms with E-state index in [1.54, 1.807) is 6.92 Å². The van der Waals surface area contributed by atoms with Crippen LogP contribution in [0.4, 0.5) is 0 Å². The molecule has 1 aliphatic rings. The molecule has 16 heavy (non-hydrogen) atoms. The number of aliphatic carboxylic acids is 1. The SMILES string of the molecule is CCN(C(=O)[C@@H]1CCCO1)C(C)(C)C(=O)O. The molecule has 0 radical (unpaired) electrons. The fourth-order valence-corrected chi connectivity index (χ4v) is 1.89. The van der Waals surface area contributed by atoms with Crippen molar-refractivity contribution in [2.45, 2.75) is 45.3 Å². The second-order valence-corrected chi connectivity index (χ2v) is 4.45. The van der Waals surface area contributed by atoms with Gasteiger partial charge in [-0.1, -0.05) is 0 Å². The minimum atomic E-state index is -1.18. The van der Waals surface area contributed by atoms with Crippen molar-refractivity contribution in [3.63, 3.8) is 0 Å². The molecule has 5 nitrogen and oxygen atoms in total. The maximum Gasteiger partial charge on any atom is 0.329 e. The molecule has 0 spiro atoms. The summed E-state index contributed by atoms with van der Waals surface area (Å²) in [5.41, 5.74) is -1.18. The van der Waals surface area contributed by atoms with Gasteiger partial charge in [-0.25, -0.2) is 4.79 Å². The number of amides is 1. The molecule has 5 heteroatoms. The Labute approximate surface area is 95.4 Å². The average molecular weight is 229 g/mol. The Morgan fingerprint density at radius 1 is 1.50 bits per heavy atom. The number of nitrogens with zero attached hydrogens (tertiary/aromatic N) is 1. The van der Waals surface area contributed by atoms with Crippen LogP contribution in [0.2, 0.25) is 0 Å². The molecule has 0 unspecified atom stereocenters. The Balaban J connectivity index is 2.80. The molecule has 1 N–H and O–H groups in total. The fourth-order valence-electron chi connectivity index (χ4n) is 1.89. The predicted molar refractivity (Wildman–Crippen MR) is 58.1 cm³/mol. The van der Waals surface area contributed by atoms with Gasteiger partial charge in [-0.05, 0) is 33.6 Å². The van der Waals surface area contributed by atoms with E-state index in [4.69, 9.17) is 9.84 Å². The van der Waals surface area contributed by atoms with E-state index in [1.165, 1.54) is 18.7 Å². The van der Waals surface area contributed by atoms with Crippen LogP contribution in [0.25, 0.3) is 0 Å². The number of carboxylic acids is 1. The van der Waals surface area contributed by atoms with Gasteiger partial charge in [0.05, 0.1) is 0 Å². The number of ether oxygens (including phenoxy) is 1. The zero-order valence-corrected chi connectivity index (χ0v) is 10.0. The summed E-state index contributed by atoms with van der Waals surface area (Å²) >= 11 is 0. The lowest BCUT2D eigenvalue weighted by molar-refractivity contribution is -0.160. The van der Waals surface area contributed by atoms with Crippen molar-refractivity contribution in [3.8, 4) is 0 Å². The third-order valence-corrected chi connectivity index (χ3v) is 2.99. The molecule has 1 heterocycles. The normalized spacial score (nSPS) is 20.8. The Morgan fingerprint density at radius 2 is 2.12 bits per heavy atom. The molecule has 0 bridgehead atoms. The van der Waals surface area contributed by atoms with Gasteiger partial charge in [-0.15, -0.1) is 0 Å². The molecule has 0 aliphatic carbocycles. The van der Waals surface area contributed by atoms with Crippen molar-refractivity contribution in [1.82, 2.24) is 4.90 Å². The highest BCUT2D eigenvalue weighted by molar-refractivity contribution is 5.88. The molecule has 1 amide bonds. The van der Waals surface area contributed by atoms with Crippen LogP contribution in [-0.4, -0.2) is 46.7 Å². The van der Waals surface area contributed by atoms with Crippen LogP contribution >= 0.6 is 0 Å². The van der Waals surface area contributed by atoms with Crippen LogP contribution in [0.1, 0.15) is 33.6 Å². The third kappa shape index (κ3) is 2.35. The molecule has 1 fully saturated rings. The largest absolute Gasteiger partial charge is 0.480 e. The van der Waals surface area contributed by atoms with Gasteiger partial charge in [0.1, 0.15) is 11.6 Å². The lowest BCUT2D eigenvalue weighted by Gasteiger charge is -2.35. The van der Waals surface area contributed by atoms with Gasteiger partial charge < -0.3 is 14.7 Å². The van der Waals surface area contributed by atoms with E-state index < -0.39 is 17.6 Å².